The van der Waals surface area contributed by atoms with Crippen LogP contribution in [0.25, 0.3) is 39.2 Å². The second-order valence-corrected chi connectivity index (χ2v) is 13.9. The van der Waals surface area contributed by atoms with Crippen LogP contribution >= 0.6 is 23.2 Å². The summed E-state index contributed by atoms with van der Waals surface area (Å²) in [4.78, 5) is 60.5. The average molecular weight is 729 g/mol. The predicted molar refractivity (Wildman–Crippen MR) is 195 cm³/mol. The Morgan fingerprint density at radius 3 is 2.35 bits per heavy atom. The highest BCUT2D eigenvalue weighted by molar-refractivity contribution is 6.39. The van der Waals surface area contributed by atoms with Gasteiger partial charge in [-0.15, -0.1) is 0 Å². The molecule has 0 unspecified atom stereocenters. The van der Waals surface area contributed by atoms with Crippen molar-refractivity contribution in [3.8, 4) is 39.4 Å². The Bertz CT molecular complexity index is 2230. The normalized spacial score (nSPS) is 14.3. The van der Waals surface area contributed by atoms with E-state index in [0.29, 0.717) is 68.3 Å². The molecule has 1 aliphatic heterocycles. The van der Waals surface area contributed by atoms with E-state index in [2.05, 4.69) is 15.3 Å². The van der Waals surface area contributed by atoms with Crippen LogP contribution in [0, 0.1) is 0 Å². The smallest absolute Gasteiger partial charge is 0.410 e. The van der Waals surface area contributed by atoms with E-state index >= 15 is 0 Å². The summed E-state index contributed by atoms with van der Waals surface area (Å²) in [5.74, 6) is 0.120. The molecule has 1 atom stereocenters. The van der Waals surface area contributed by atoms with E-state index in [9.17, 15) is 19.2 Å². The number of hydrogen-bond acceptors (Lipinski definition) is 8. The fourth-order valence-electron chi connectivity index (χ4n) is 5.96. The van der Waals surface area contributed by atoms with Gasteiger partial charge in [0, 0.05) is 53.7 Å². The van der Waals surface area contributed by atoms with Crippen LogP contribution in [-0.2, 0) is 16.1 Å². The number of methoxy groups -OCH3 is 1. The second kappa shape index (κ2) is 14.5. The van der Waals surface area contributed by atoms with Gasteiger partial charge in [0.05, 0.1) is 40.5 Å². The largest absolute Gasteiger partial charge is 0.480 e. The van der Waals surface area contributed by atoms with Gasteiger partial charge in [-0.2, -0.15) is 0 Å². The third kappa shape index (κ3) is 7.59. The number of halogens is 2. The van der Waals surface area contributed by atoms with Crippen LogP contribution in [0.3, 0.4) is 0 Å². The van der Waals surface area contributed by atoms with E-state index in [1.54, 1.807) is 51.2 Å². The van der Waals surface area contributed by atoms with Crippen molar-refractivity contribution in [2.45, 2.75) is 51.8 Å². The molecule has 4 heterocycles. The monoisotopic (exact) mass is 727 g/mol. The summed E-state index contributed by atoms with van der Waals surface area (Å²) >= 11 is 14.0. The Morgan fingerprint density at radius 1 is 1.02 bits per heavy atom. The summed E-state index contributed by atoms with van der Waals surface area (Å²) in [6.07, 6.45) is 4.14. The number of nitrogens with zero attached hydrogens (tertiary/aromatic N) is 4. The van der Waals surface area contributed by atoms with Gasteiger partial charge < -0.3 is 19.7 Å². The number of amides is 2. The van der Waals surface area contributed by atoms with Crippen molar-refractivity contribution in [2.24, 2.45) is 0 Å². The van der Waals surface area contributed by atoms with Gasteiger partial charge in [-0.1, -0.05) is 59.6 Å². The number of ether oxygens (including phenoxy) is 2. The molecule has 6 rings (SSSR count). The Balaban J connectivity index is 1.31. The zero-order valence-electron chi connectivity index (χ0n) is 28.4. The molecule has 2 aromatic carbocycles. The molecule has 2 amide bonds. The molecule has 51 heavy (non-hydrogen) atoms. The van der Waals surface area contributed by atoms with Crippen LogP contribution < -0.4 is 15.6 Å². The van der Waals surface area contributed by atoms with Gasteiger partial charge in [0.25, 0.3) is 5.56 Å². The van der Waals surface area contributed by atoms with Crippen molar-refractivity contribution in [2.75, 3.05) is 13.7 Å². The van der Waals surface area contributed by atoms with Crippen LogP contribution in [0.5, 0.6) is 5.88 Å². The summed E-state index contributed by atoms with van der Waals surface area (Å²) in [7, 11) is 1.45. The van der Waals surface area contributed by atoms with Gasteiger partial charge in [-0.25, -0.2) is 14.8 Å². The topological polar surface area (TPSA) is 132 Å². The van der Waals surface area contributed by atoms with Crippen molar-refractivity contribution in [3.05, 3.63) is 105 Å². The minimum absolute atomic E-state index is 0.0466. The Morgan fingerprint density at radius 2 is 1.71 bits per heavy atom. The Hall–Kier alpha value is -5.26. The molecule has 0 bridgehead atoms. The number of nitrogens with one attached hydrogen (secondary N) is 1. The lowest BCUT2D eigenvalue weighted by Gasteiger charge is -2.29. The molecule has 5 aromatic rings. The lowest BCUT2D eigenvalue weighted by molar-refractivity contribution is -0.119. The average Bonchev–Trinajstić information content (AvgIpc) is 3.52. The number of aldehydes is 1. The van der Waals surface area contributed by atoms with E-state index in [1.807, 2.05) is 36.4 Å². The van der Waals surface area contributed by atoms with Crippen LogP contribution in [0.15, 0.2) is 77.9 Å². The number of carbonyl (C=O) groups excluding carboxylic acids is 3. The van der Waals surface area contributed by atoms with E-state index in [0.717, 1.165) is 5.56 Å². The van der Waals surface area contributed by atoms with Crippen LogP contribution in [0.4, 0.5) is 4.79 Å². The molecule has 0 saturated carbocycles. The van der Waals surface area contributed by atoms with Crippen molar-refractivity contribution >= 4 is 47.1 Å². The van der Waals surface area contributed by atoms with Crippen LogP contribution in [0.2, 0.25) is 10.0 Å². The minimum Gasteiger partial charge on any atom is -0.480 e. The third-order valence-electron chi connectivity index (χ3n) is 8.40. The molecule has 3 aromatic heterocycles. The molecule has 0 radical (unpaired) electrons. The molecule has 13 heteroatoms. The number of hydrogen-bond donors (Lipinski definition) is 1. The summed E-state index contributed by atoms with van der Waals surface area (Å²) < 4.78 is 12.3. The maximum atomic E-state index is 13.7. The molecular formula is C38H35Cl2N5O6. The van der Waals surface area contributed by atoms with Gasteiger partial charge in [-0.3, -0.25) is 18.8 Å². The van der Waals surface area contributed by atoms with Crippen molar-refractivity contribution in [1.29, 1.82) is 0 Å². The standard InChI is InChI=1S/C38H35Cl2N5O6/c1-38(2,3)51-37(49)44(20-25-12-14-32(47)42-25)19-24-18-41-31-17-22(15-16-45(31)36(24)48)26-7-5-8-27(33(26)39)28-9-6-10-29(34(28)40)30-13-11-23(21-46)35(43-30)50-4/h5-11,13,15-18,21,25H,12,14,19-20H2,1-4H3,(H,42,47)/t25-/m0/s1. The molecule has 0 spiro atoms. The molecule has 0 aliphatic carbocycles. The minimum atomic E-state index is -0.746. The van der Waals surface area contributed by atoms with Gasteiger partial charge in [0.2, 0.25) is 11.8 Å². The second-order valence-electron chi connectivity index (χ2n) is 13.1. The first-order valence-corrected chi connectivity index (χ1v) is 17.0. The lowest BCUT2D eigenvalue weighted by atomic mass is 9.97. The number of benzene rings is 2. The fraction of sp³-hybridized carbons (Fsp3) is 0.263. The lowest BCUT2D eigenvalue weighted by Crippen LogP contribution is -2.44. The summed E-state index contributed by atoms with van der Waals surface area (Å²) in [6.45, 7) is 5.45. The molecule has 1 fully saturated rings. The molecule has 1 saturated heterocycles. The van der Waals surface area contributed by atoms with E-state index in [4.69, 9.17) is 32.7 Å². The fourth-order valence-corrected chi connectivity index (χ4v) is 6.62. The number of pyridine rings is 2. The van der Waals surface area contributed by atoms with Crippen LogP contribution in [0.1, 0.15) is 49.5 Å². The maximum absolute atomic E-state index is 13.7. The van der Waals surface area contributed by atoms with Gasteiger partial charge >= 0.3 is 6.09 Å². The van der Waals surface area contributed by atoms with Gasteiger partial charge in [0.1, 0.15) is 11.2 Å². The molecule has 262 valence electrons. The molecule has 1 N–H and O–H groups in total. The van der Waals surface area contributed by atoms with E-state index in [1.165, 1.54) is 22.6 Å². The third-order valence-corrected chi connectivity index (χ3v) is 9.22. The van der Waals surface area contributed by atoms with E-state index in [-0.39, 0.29) is 42.0 Å². The Labute approximate surface area is 304 Å². The first kappa shape index (κ1) is 35.6. The zero-order valence-corrected chi connectivity index (χ0v) is 29.9. The maximum Gasteiger partial charge on any atom is 0.410 e. The van der Waals surface area contributed by atoms with Crippen LogP contribution in [-0.4, -0.2) is 62.9 Å². The first-order chi connectivity index (χ1) is 24.4. The number of rotatable bonds is 9. The Kier molecular flexibility index (Phi) is 10.1. The van der Waals surface area contributed by atoms with Gasteiger partial charge in [-0.05, 0) is 57.0 Å². The quantitative estimate of drug-likeness (QED) is 0.157. The van der Waals surface area contributed by atoms with Gasteiger partial charge in [0.15, 0.2) is 6.29 Å². The number of carbonyl (C=O) groups is 3. The van der Waals surface area contributed by atoms with Crippen molar-refractivity contribution in [1.82, 2.24) is 24.6 Å². The highest BCUT2D eigenvalue weighted by Gasteiger charge is 2.29. The van der Waals surface area contributed by atoms with Crippen molar-refractivity contribution < 1.29 is 23.9 Å². The summed E-state index contributed by atoms with van der Waals surface area (Å²) in [5, 5.41) is 3.73. The predicted octanol–water partition coefficient (Wildman–Crippen LogP) is 7.23. The van der Waals surface area contributed by atoms with Crippen molar-refractivity contribution in [3.63, 3.8) is 0 Å². The van der Waals surface area contributed by atoms with E-state index < -0.39 is 11.7 Å². The molecule has 1 aliphatic rings. The number of aromatic nitrogens is 3. The summed E-state index contributed by atoms with van der Waals surface area (Å²) in [5.41, 5.74) is 3.84. The first-order valence-electron chi connectivity index (χ1n) is 16.2. The highest BCUT2D eigenvalue weighted by atomic mass is 35.5. The molecule has 11 nitrogen and oxygen atoms in total. The SMILES string of the molecule is COc1nc(-c2cccc(-c3cccc(-c4ccn5c(=O)c(CN(C[C@@H]6CCC(=O)N6)C(=O)OC(C)(C)C)cnc5c4)c3Cl)c2Cl)ccc1C=O. The molecular weight excluding hydrogens is 693 g/mol. The summed E-state index contributed by atoms with van der Waals surface area (Å²) in [6, 6.07) is 17.8. The highest BCUT2D eigenvalue weighted by Crippen LogP contribution is 2.42. The number of fused-ring (bicyclic) bond motifs is 1. The zero-order chi connectivity index (χ0) is 36.4.